The maximum Gasteiger partial charge on any atom is 0.231 e. The van der Waals surface area contributed by atoms with Crippen LogP contribution >= 0.6 is 0 Å². The van der Waals surface area contributed by atoms with Gasteiger partial charge in [0.2, 0.25) is 11.6 Å². The van der Waals surface area contributed by atoms with E-state index >= 15 is 0 Å². The normalized spacial score (nSPS) is 14.4. The fourth-order valence-electron chi connectivity index (χ4n) is 3.42. The van der Waals surface area contributed by atoms with E-state index in [1.165, 1.54) is 18.2 Å². The lowest BCUT2D eigenvalue weighted by Crippen LogP contribution is -2.10. The standard InChI is InChI=1S/C26H19F5O3/c1-26(2,3)14-6-4-13(5-7-14)10-19-25(32)16-9-8-15(11-18(16)34-19)33-12-17-20(27)22(29)24(31)23(30)21(17)28/h4-11H,12H2,1-3H3. The van der Waals surface area contributed by atoms with Crippen molar-refractivity contribution in [2.24, 2.45) is 0 Å². The molecule has 0 saturated carbocycles. The van der Waals surface area contributed by atoms with Crippen molar-refractivity contribution in [3.63, 3.8) is 0 Å². The summed E-state index contributed by atoms with van der Waals surface area (Å²) in [6, 6.07) is 11.7. The molecule has 176 valence electrons. The summed E-state index contributed by atoms with van der Waals surface area (Å²) in [5.74, 6) is -10.4. The van der Waals surface area contributed by atoms with Crippen LogP contribution in [0.3, 0.4) is 0 Å². The van der Waals surface area contributed by atoms with E-state index in [-0.39, 0.29) is 34.0 Å². The van der Waals surface area contributed by atoms with Crippen LogP contribution in [0.2, 0.25) is 0 Å². The monoisotopic (exact) mass is 474 g/mol. The summed E-state index contributed by atoms with van der Waals surface area (Å²) in [5.41, 5.74) is 1.02. The smallest absolute Gasteiger partial charge is 0.231 e. The number of carbonyl (C=O) groups excluding carboxylic acids is 1. The number of benzene rings is 3. The summed E-state index contributed by atoms with van der Waals surface area (Å²) in [4.78, 5) is 12.7. The van der Waals surface area contributed by atoms with Crippen LogP contribution in [0, 0.1) is 29.1 Å². The Morgan fingerprint density at radius 1 is 0.853 bits per heavy atom. The Labute approximate surface area is 192 Å². The number of halogens is 5. The molecule has 0 aromatic heterocycles. The number of ether oxygens (including phenoxy) is 2. The molecule has 0 spiro atoms. The van der Waals surface area contributed by atoms with Crippen molar-refractivity contribution < 1.29 is 36.2 Å². The molecule has 0 atom stereocenters. The van der Waals surface area contributed by atoms with E-state index in [0.29, 0.717) is 0 Å². The first-order chi connectivity index (χ1) is 16.0. The zero-order chi connectivity index (χ0) is 24.8. The van der Waals surface area contributed by atoms with Crippen LogP contribution in [0.1, 0.15) is 47.8 Å². The average molecular weight is 474 g/mol. The van der Waals surface area contributed by atoms with E-state index in [1.807, 2.05) is 24.3 Å². The highest BCUT2D eigenvalue weighted by Crippen LogP contribution is 2.35. The van der Waals surface area contributed by atoms with Gasteiger partial charge in [0.05, 0.1) is 11.1 Å². The summed E-state index contributed by atoms with van der Waals surface area (Å²) < 4.78 is 78.5. The van der Waals surface area contributed by atoms with Gasteiger partial charge in [0.15, 0.2) is 29.0 Å². The molecule has 3 aromatic carbocycles. The predicted molar refractivity (Wildman–Crippen MR) is 115 cm³/mol. The molecule has 0 amide bonds. The van der Waals surface area contributed by atoms with Crippen molar-refractivity contribution in [2.75, 3.05) is 0 Å². The number of hydrogen-bond acceptors (Lipinski definition) is 3. The molecule has 0 saturated heterocycles. The number of fused-ring (bicyclic) bond motifs is 1. The molecule has 3 nitrogen and oxygen atoms in total. The summed E-state index contributed by atoms with van der Waals surface area (Å²) in [7, 11) is 0. The van der Waals surface area contributed by atoms with Crippen molar-refractivity contribution >= 4 is 11.9 Å². The van der Waals surface area contributed by atoms with Gasteiger partial charge in [-0.1, -0.05) is 45.0 Å². The quantitative estimate of drug-likeness (QED) is 0.179. The summed E-state index contributed by atoms with van der Waals surface area (Å²) in [6.07, 6.45) is 1.59. The number of ketones is 1. The average Bonchev–Trinajstić information content (AvgIpc) is 3.10. The lowest BCUT2D eigenvalue weighted by molar-refractivity contribution is 0.101. The Bertz CT molecular complexity index is 1290. The molecule has 1 aliphatic rings. The van der Waals surface area contributed by atoms with Crippen LogP contribution in [0.5, 0.6) is 11.5 Å². The van der Waals surface area contributed by atoms with Crippen LogP contribution in [-0.2, 0) is 12.0 Å². The maximum atomic E-state index is 13.8. The molecule has 0 fully saturated rings. The largest absolute Gasteiger partial charge is 0.489 e. The third-order valence-corrected chi connectivity index (χ3v) is 5.40. The van der Waals surface area contributed by atoms with Crippen LogP contribution < -0.4 is 9.47 Å². The molecule has 1 heterocycles. The van der Waals surface area contributed by atoms with Gasteiger partial charge < -0.3 is 9.47 Å². The molecule has 0 bridgehead atoms. The minimum atomic E-state index is -2.24. The second kappa shape index (κ2) is 8.59. The van der Waals surface area contributed by atoms with E-state index in [2.05, 4.69) is 20.8 Å². The third kappa shape index (κ3) is 4.27. The van der Waals surface area contributed by atoms with Crippen molar-refractivity contribution in [1.29, 1.82) is 0 Å². The van der Waals surface area contributed by atoms with Crippen LogP contribution in [-0.4, -0.2) is 5.78 Å². The number of Topliss-reactive ketones (excluding diaryl/α,β-unsaturated/α-hetero) is 1. The molecule has 0 N–H and O–H groups in total. The van der Waals surface area contributed by atoms with E-state index in [9.17, 15) is 26.7 Å². The highest BCUT2D eigenvalue weighted by molar-refractivity contribution is 6.14. The van der Waals surface area contributed by atoms with Gasteiger partial charge in [-0.3, -0.25) is 4.79 Å². The number of hydrogen-bond donors (Lipinski definition) is 0. The predicted octanol–water partition coefficient (Wildman–Crippen LogP) is 6.87. The molecule has 3 aromatic rings. The first-order valence-electron chi connectivity index (χ1n) is 10.3. The molecular formula is C26H19F5O3. The first-order valence-corrected chi connectivity index (χ1v) is 10.3. The zero-order valence-electron chi connectivity index (χ0n) is 18.4. The Balaban J connectivity index is 1.53. The summed E-state index contributed by atoms with van der Waals surface area (Å²) in [6.45, 7) is 5.35. The molecule has 8 heteroatoms. The fraction of sp³-hybridized carbons (Fsp3) is 0.192. The second-order valence-electron chi connectivity index (χ2n) is 8.81. The van der Waals surface area contributed by atoms with Gasteiger partial charge >= 0.3 is 0 Å². The molecule has 0 aliphatic carbocycles. The van der Waals surface area contributed by atoms with Gasteiger partial charge in [0.25, 0.3) is 0 Å². The van der Waals surface area contributed by atoms with Gasteiger partial charge in [-0.05, 0) is 34.8 Å². The topological polar surface area (TPSA) is 35.5 Å². The van der Waals surface area contributed by atoms with E-state index in [1.54, 1.807) is 6.08 Å². The molecular weight excluding hydrogens is 455 g/mol. The van der Waals surface area contributed by atoms with E-state index in [4.69, 9.17) is 9.47 Å². The SMILES string of the molecule is CC(C)(C)c1ccc(C=C2Oc3cc(OCc4c(F)c(F)c(F)c(F)c4F)ccc3C2=O)cc1. The van der Waals surface area contributed by atoms with Crippen LogP contribution in [0.15, 0.2) is 48.2 Å². The van der Waals surface area contributed by atoms with Gasteiger partial charge in [-0.25, -0.2) is 22.0 Å². The Kier molecular flexibility index (Phi) is 5.93. The van der Waals surface area contributed by atoms with Gasteiger partial charge in [-0.2, -0.15) is 0 Å². The fourth-order valence-corrected chi connectivity index (χ4v) is 3.42. The van der Waals surface area contributed by atoms with Crippen molar-refractivity contribution in [1.82, 2.24) is 0 Å². The molecule has 4 rings (SSSR count). The minimum Gasteiger partial charge on any atom is -0.489 e. The third-order valence-electron chi connectivity index (χ3n) is 5.40. The molecule has 1 aliphatic heterocycles. The number of carbonyl (C=O) groups is 1. The lowest BCUT2D eigenvalue weighted by Gasteiger charge is -2.18. The van der Waals surface area contributed by atoms with Crippen LogP contribution in [0.4, 0.5) is 22.0 Å². The summed E-state index contributed by atoms with van der Waals surface area (Å²) >= 11 is 0. The van der Waals surface area contributed by atoms with Crippen molar-refractivity contribution in [3.05, 3.63) is 99.6 Å². The number of rotatable bonds is 4. The minimum absolute atomic E-state index is 0.0186. The van der Waals surface area contributed by atoms with Gasteiger partial charge in [0, 0.05) is 6.07 Å². The molecule has 0 unspecified atom stereocenters. The van der Waals surface area contributed by atoms with E-state index < -0.39 is 41.3 Å². The first kappa shape index (κ1) is 23.5. The Morgan fingerprint density at radius 2 is 1.44 bits per heavy atom. The molecule has 34 heavy (non-hydrogen) atoms. The molecule has 0 radical (unpaired) electrons. The maximum absolute atomic E-state index is 13.8. The van der Waals surface area contributed by atoms with E-state index in [0.717, 1.165) is 11.1 Å². The van der Waals surface area contributed by atoms with Crippen LogP contribution in [0.25, 0.3) is 6.08 Å². The lowest BCUT2D eigenvalue weighted by atomic mass is 9.86. The van der Waals surface area contributed by atoms with Gasteiger partial charge in [-0.15, -0.1) is 0 Å². The zero-order valence-corrected chi connectivity index (χ0v) is 18.4. The number of allylic oxidation sites excluding steroid dienone is 1. The second-order valence-corrected chi connectivity index (χ2v) is 8.81. The summed E-state index contributed by atoms with van der Waals surface area (Å²) in [5, 5.41) is 0. The highest BCUT2D eigenvalue weighted by atomic mass is 19.2. The highest BCUT2D eigenvalue weighted by Gasteiger charge is 2.29. The Hall–Kier alpha value is -3.68. The van der Waals surface area contributed by atoms with Crippen molar-refractivity contribution in [3.8, 4) is 11.5 Å². The van der Waals surface area contributed by atoms with Crippen molar-refractivity contribution in [2.45, 2.75) is 32.8 Å². The Morgan fingerprint density at radius 3 is 2.03 bits per heavy atom. The van der Waals surface area contributed by atoms with Gasteiger partial charge in [0.1, 0.15) is 18.1 Å².